The Morgan fingerprint density at radius 2 is 1.07 bits per heavy atom. The summed E-state index contributed by atoms with van der Waals surface area (Å²) in [4.78, 5) is 66.7. The maximum atomic E-state index is 12.9. The van der Waals surface area contributed by atoms with E-state index in [-0.39, 0.29) is 47.5 Å². The summed E-state index contributed by atoms with van der Waals surface area (Å²) in [6.07, 6.45) is 5.30. The lowest BCUT2D eigenvalue weighted by Crippen LogP contribution is -2.46. The first-order chi connectivity index (χ1) is 32.9. The van der Waals surface area contributed by atoms with E-state index in [0.717, 1.165) is 22.4 Å². The van der Waals surface area contributed by atoms with Crippen molar-refractivity contribution in [1.82, 2.24) is 51.0 Å². The lowest BCUT2D eigenvalue weighted by molar-refractivity contribution is -0.123. The molecule has 4 aliphatic rings. The lowest BCUT2D eigenvalue weighted by Gasteiger charge is -2.33. The van der Waals surface area contributed by atoms with Crippen LogP contribution < -0.4 is 31.9 Å². The van der Waals surface area contributed by atoms with Crippen LogP contribution >= 0.6 is 23.5 Å². The fourth-order valence-electron chi connectivity index (χ4n) is 8.68. The van der Waals surface area contributed by atoms with Crippen LogP contribution in [0, 0.1) is 25.7 Å². The predicted octanol–water partition coefficient (Wildman–Crippen LogP) is 4.06. The summed E-state index contributed by atoms with van der Waals surface area (Å²) >= 11 is 2.73. The summed E-state index contributed by atoms with van der Waals surface area (Å²) in [5.41, 5.74) is 8.42. The molecule has 2 saturated carbocycles. The van der Waals surface area contributed by atoms with Crippen molar-refractivity contribution in [2.24, 2.45) is 11.8 Å². The summed E-state index contributed by atoms with van der Waals surface area (Å²) in [5, 5.41) is 57.8. The number of amides is 4. The van der Waals surface area contributed by atoms with Crippen molar-refractivity contribution in [2.75, 3.05) is 32.8 Å². The highest BCUT2D eigenvalue weighted by Crippen LogP contribution is 2.32. The molecule has 0 unspecified atom stereocenters. The third-order valence-electron chi connectivity index (χ3n) is 12.3. The second kappa shape index (κ2) is 20.9. The van der Waals surface area contributed by atoms with E-state index < -0.39 is 12.2 Å². The Morgan fingerprint density at radius 1 is 0.632 bits per heavy atom. The number of hydrogen-bond donors (Lipinski definition) is 8. The number of rotatable bonds is 10. The average molecular weight is 959 g/mol. The third kappa shape index (κ3) is 11.2. The van der Waals surface area contributed by atoms with Gasteiger partial charge in [0.1, 0.15) is 21.1 Å². The highest BCUT2D eigenvalue weighted by molar-refractivity contribution is 8.00. The fourth-order valence-corrected chi connectivity index (χ4v) is 10.1. The molecule has 0 radical (unpaired) electrons. The maximum Gasteiger partial charge on any atom is 0.234 e. The Labute approximate surface area is 398 Å². The van der Waals surface area contributed by atoms with Crippen molar-refractivity contribution in [3.63, 3.8) is 0 Å². The number of hydrogen-bond acceptors (Lipinski definition) is 18. The summed E-state index contributed by atoms with van der Waals surface area (Å²) < 4.78 is 0. The summed E-state index contributed by atoms with van der Waals surface area (Å²) in [6.45, 7) is 4.61. The zero-order valence-corrected chi connectivity index (χ0v) is 38.9. The van der Waals surface area contributed by atoms with Crippen molar-refractivity contribution >= 4 is 92.0 Å². The first-order valence-corrected chi connectivity index (χ1v) is 24.4. The van der Waals surface area contributed by atoms with Crippen LogP contribution in [0.3, 0.4) is 0 Å². The van der Waals surface area contributed by atoms with Gasteiger partial charge in [-0.1, -0.05) is 23.5 Å². The molecular weight excluding hydrogens is 909 g/mol. The number of aliphatic hydroxyl groups excluding tert-OH is 2. The Bertz CT molecular complexity index is 2700. The molecule has 10 rings (SSSR count). The molecule has 68 heavy (non-hydrogen) atoms. The minimum atomic E-state index is -0.667. The van der Waals surface area contributed by atoms with Crippen molar-refractivity contribution in [3.8, 4) is 0 Å². The normalized spacial score (nSPS) is 22.2. The van der Waals surface area contributed by atoms with E-state index in [9.17, 15) is 29.4 Å². The van der Waals surface area contributed by atoms with Gasteiger partial charge in [0.15, 0.2) is 0 Å². The van der Waals surface area contributed by atoms with Crippen molar-refractivity contribution in [3.05, 3.63) is 83.7 Å². The topological polar surface area (TPSA) is 284 Å². The molecule has 6 aromatic heterocycles. The largest absolute Gasteiger partial charge is 0.391 e. The molecule has 2 aliphatic heterocycles. The number of carbonyl (C=O) groups excluding carboxylic acids is 4. The van der Waals surface area contributed by atoms with Gasteiger partial charge in [0.2, 0.25) is 23.6 Å². The summed E-state index contributed by atoms with van der Waals surface area (Å²) in [7, 11) is 0. The molecule has 0 saturated heterocycles. The second-order valence-electron chi connectivity index (χ2n) is 17.2. The van der Waals surface area contributed by atoms with E-state index in [2.05, 4.69) is 72.2 Å². The molecule has 0 bridgehead atoms. The van der Waals surface area contributed by atoms with Crippen molar-refractivity contribution in [2.45, 2.75) is 99.8 Å². The molecule has 2 aliphatic carbocycles. The third-order valence-corrected chi connectivity index (χ3v) is 14.2. The maximum absolute atomic E-state index is 12.9. The molecule has 6 atom stereocenters. The summed E-state index contributed by atoms with van der Waals surface area (Å²) in [6, 6.07) is 14.3. The number of aromatic nitrogens is 8. The zero-order chi connectivity index (χ0) is 47.3. The van der Waals surface area contributed by atoms with E-state index in [0.29, 0.717) is 118 Å². The van der Waals surface area contributed by atoms with Crippen LogP contribution in [0.15, 0.2) is 71.0 Å². The molecule has 0 spiro atoms. The van der Waals surface area contributed by atoms with Crippen LogP contribution in [-0.2, 0) is 32.3 Å². The number of aliphatic hydroxyl groups is 2. The van der Waals surface area contributed by atoms with Gasteiger partial charge in [0, 0.05) is 60.8 Å². The molecule has 20 nitrogen and oxygen atoms in total. The number of carbonyl (C=O) groups is 4. The van der Waals surface area contributed by atoms with Gasteiger partial charge < -0.3 is 42.1 Å². The van der Waals surface area contributed by atoms with Crippen molar-refractivity contribution in [1.29, 1.82) is 0 Å². The van der Waals surface area contributed by atoms with E-state index in [1.807, 2.05) is 38.1 Å². The minimum absolute atomic E-state index is 0.0536. The molecule has 352 valence electrons. The standard InChI is InChI=1S/2C23H25N7O3S/c2*1-12-2-4-16-21(26-12)17(6-7-24-16)28-22(33)13-3-5-15(19(31)8-13)25-10-14-9-18-23(30-29-14)34-11-20(32)27-18/h2*2,4,6-7,9,13,15,19,25,31H,3,5,8,10-11H2,1H3,(H,27,32)(H,24,28,33)/t2*13-,15-,19-/m10/s1. The van der Waals surface area contributed by atoms with Crippen LogP contribution in [-0.4, -0.2) is 110 Å². The van der Waals surface area contributed by atoms with Crippen molar-refractivity contribution < 1.29 is 29.4 Å². The predicted molar refractivity (Wildman–Crippen MR) is 257 cm³/mol. The quantitative estimate of drug-likeness (QED) is 0.0961. The monoisotopic (exact) mass is 958 g/mol. The van der Waals surface area contributed by atoms with Crippen LogP contribution in [0.1, 0.15) is 61.3 Å². The fraction of sp³-hybridized carbons (Fsp3) is 0.391. The molecule has 2 fully saturated rings. The van der Waals surface area contributed by atoms with Gasteiger partial charge in [0.05, 0.1) is 68.9 Å². The SMILES string of the molecule is Cc1ccc2nccc(NC(=O)[C@@H]3CC[C@@H](NCc4cc5c(nn4)SCC(=O)N5)[C@H](O)C3)c2n1.Cc1ccc2nccc(NC(=O)[C@H]3CC[C@H](NCc4cc5c(nn4)SCC(=O)N5)[C@@H](O)C3)c2n1. The number of nitrogens with one attached hydrogen (secondary N) is 6. The van der Waals surface area contributed by atoms with Crippen LogP contribution in [0.4, 0.5) is 22.7 Å². The molecule has 0 aromatic carbocycles. The van der Waals surface area contributed by atoms with E-state index in [1.54, 1.807) is 36.7 Å². The summed E-state index contributed by atoms with van der Waals surface area (Å²) in [5.74, 6) is -0.256. The van der Waals surface area contributed by atoms with Gasteiger partial charge in [-0.25, -0.2) is 9.97 Å². The number of aryl methyl sites for hydroxylation is 2. The zero-order valence-electron chi connectivity index (χ0n) is 37.2. The van der Waals surface area contributed by atoms with Crippen LogP contribution in [0.2, 0.25) is 0 Å². The number of fused-ring (bicyclic) bond motifs is 4. The molecule has 22 heteroatoms. The molecule has 8 heterocycles. The lowest BCUT2D eigenvalue weighted by atomic mass is 9.83. The molecule has 6 aromatic rings. The number of thioether (sulfide) groups is 2. The average Bonchev–Trinajstić information content (AvgIpc) is 3.33. The Balaban J connectivity index is 0.000000170. The van der Waals surface area contributed by atoms with E-state index in [4.69, 9.17) is 0 Å². The van der Waals surface area contributed by atoms with Gasteiger partial charge in [0.25, 0.3) is 0 Å². The molecular formula is C46H50N14O6S2. The molecule has 8 N–H and O–H groups in total. The van der Waals surface area contributed by atoms with Gasteiger partial charge in [-0.05, 0) is 101 Å². The first-order valence-electron chi connectivity index (χ1n) is 22.4. The van der Waals surface area contributed by atoms with Gasteiger partial charge >= 0.3 is 0 Å². The van der Waals surface area contributed by atoms with Gasteiger partial charge in [-0.3, -0.25) is 29.1 Å². The Kier molecular flexibility index (Phi) is 14.4. The Hall–Kier alpha value is -6.30. The van der Waals surface area contributed by atoms with Gasteiger partial charge in [-0.2, -0.15) is 10.2 Å². The van der Waals surface area contributed by atoms with E-state index in [1.165, 1.54) is 23.5 Å². The first kappa shape index (κ1) is 46.8. The number of nitrogens with zero attached hydrogens (tertiary/aromatic N) is 8. The van der Waals surface area contributed by atoms with Gasteiger partial charge in [-0.15, -0.1) is 10.2 Å². The number of pyridine rings is 4. The molecule has 4 amide bonds. The van der Waals surface area contributed by atoms with Crippen LogP contribution in [0.5, 0.6) is 0 Å². The highest BCUT2D eigenvalue weighted by Gasteiger charge is 2.35. The van der Waals surface area contributed by atoms with E-state index >= 15 is 0 Å². The Morgan fingerprint density at radius 3 is 1.50 bits per heavy atom. The smallest absolute Gasteiger partial charge is 0.234 e. The second-order valence-corrected chi connectivity index (χ2v) is 19.2. The minimum Gasteiger partial charge on any atom is -0.391 e. The number of anilines is 4. The highest BCUT2D eigenvalue weighted by atomic mass is 32.2. The van der Waals surface area contributed by atoms with Crippen LogP contribution in [0.25, 0.3) is 22.1 Å².